The lowest BCUT2D eigenvalue weighted by Crippen LogP contribution is -2.33. The van der Waals surface area contributed by atoms with Gasteiger partial charge < -0.3 is 10.4 Å². The summed E-state index contributed by atoms with van der Waals surface area (Å²) in [5, 5.41) is 12.7. The third-order valence-electron chi connectivity index (χ3n) is 3.79. The first-order valence-electron chi connectivity index (χ1n) is 7.46. The minimum absolute atomic E-state index is 0.262. The molecule has 1 aliphatic heterocycles. The summed E-state index contributed by atoms with van der Waals surface area (Å²) in [6.07, 6.45) is 2.17. The smallest absolute Gasteiger partial charge is 0.0847 e. The number of benzene rings is 1. The zero-order chi connectivity index (χ0) is 14.4. The van der Waals surface area contributed by atoms with E-state index in [1.807, 2.05) is 6.07 Å². The number of hydrogen-bond donors (Lipinski definition) is 2. The Balaban J connectivity index is 1.88. The average molecular weight is 297 g/mol. The number of aliphatic hydroxyl groups is 1. The van der Waals surface area contributed by atoms with E-state index >= 15 is 0 Å². The normalized spacial score (nSPS) is 21.6. The molecule has 2 atom stereocenters. The van der Waals surface area contributed by atoms with Crippen molar-refractivity contribution in [2.24, 2.45) is 5.92 Å². The van der Waals surface area contributed by atoms with E-state index in [2.05, 4.69) is 35.3 Å². The fourth-order valence-electron chi connectivity index (χ4n) is 2.76. The fourth-order valence-corrected chi connectivity index (χ4v) is 2.87. The van der Waals surface area contributed by atoms with Crippen molar-refractivity contribution < 1.29 is 5.11 Å². The molecule has 0 spiro atoms. The largest absolute Gasteiger partial charge is 0.390 e. The van der Waals surface area contributed by atoms with Crippen LogP contribution in [0.2, 0.25) is 0 Å². The van der Waals surface area contributed by atoms with Crippen LogP contribution >= 0.6 is 11.6 Å². The molecule has 1 aromatic carbocycles. The van der Waals surface area contributed by atoms with E-state index in [4.69, 9.17) is 11.6 Å². The van der Waals surface area contributed by atoms with Gasteiger partial charge in [-0.15, -0.1) is 11.6 Å². The molecule has 2 rings (SSSR count). The lowest BCUT2D eigenvalue weighted by atomic mass is 10.00. The molecule has 2 unspecified atom stereocenters. The molecule has 1 aromatic rings. The number of nitrogens with zero attached hydrogens (tertiary/aromatic N) is 1. The highest BCUT2D eigenvalue weighted by molar-refractivity contribution is 6.18. The number of likely N-dealkylation sites (tertiary alicyclic amines) is 1. The standard InChI is InChI=1S/C16H25ClN2O/c1-13-4-3-7-19(11-13)12-14-5-2-6-15(8-14)18-10-16(20)9-17/h2,5-6,8,13,16,18,20H,3-4,7,9-12H2,1H3. The number of piperidine rings is 1. The third-order valence-corrected chi connectivity index (χ3v) is 4.15. The molecule has 0 radical (unpaired) electrons. The van der Waals surface area contributed by atoms with Crippen LogP contribution in [0.1, 0.15) is 25.3 Å². The molecule has 4 heteroatoms. The molecule has 1 aliphatic rings. The van der Waals surface area contributed by atoms with E-state index in [1.54, 1.807) is 0 Å². The van der Waals surface area contributed by atoms with Crippen LogP contribution < -0.4 is 5.32 Å². The zero-order valence-corrected chi connectivity index (χ0v) is 12.9. The van der Waals surface area contributed by atoms with E-state index in [-0.39, 0.29) is 5.88 Å². The van der Waals surface area contributed by atoms with E-state index in [0.29, 0.717) is 6.54 Å². The summed E-state index contributed by atoms with van der Waals surface area (Å²) in [7, 11) is 0. The minimum Gasteiger partial charge on any atom is -0.390 e. The minimum atomic E-state index is -0.497. The molecular weight excluding hydrogens is 272 g/mol. The molecule has 0 saturated carbocycles. The van der Waals surface area contributed by atoms with E-state index < -0.39 is 6.10 Å². The molecule has 0 bridgehead atoms. The van der Waals surface area contributed by atoms with Gasteiger partial charge in [0.1, 0.15) is 0 Å². The predicted molar refractivity (Wildman–Crippen MR) is 85.3 cm³/mol. The van der Waals surface area contributed by atoms with Crippen LogP contribution in [0, 0.1) is 5.92 Å². The lowest BCUT2D eigenvalue weighted by Gasteiger charge is -2.30. The second-order valence-electron chi connectivity index (χ2n) is 5.87. The summed E-state index contributed by atoms with van der Waals surface area (Å²) in [4.78, 5) is 2.53. The zero-order valence-electron chi connectivity index (χ0n) is 12.2. The molecule has 3 nitrogen and oxygen atoms in total. The second-order valence-corrected chi connectivity index (χ2v) is 6.18. The number of hydrogen-bond acceptors (Lipinski definition) is 3. The molecular formula is C16H25ClN2O. The average Bonchev–Trinajstić information content (AvgIpc) is 2.45. The quantitative estimate of drug-likeness (QED) is 0.792. The number of alkyl halides is 1. The van der Waals surface area contributed by atoms with Crippen LogP contribution in [0.25, 0.3) is 0 Å². The van der Waals surface area contributed by atoms with Crippen molar-refractivity contribution >= 4 is 17.3 Å². The summed E-state index contributed by atoms with van der Waals surface area (Å²) < 4.78 is 0. The van der Waals surface area contributed by atoms with Crippen LogP contribution in [0.3, 0.4) is 0 Å². The SMILES string of the molecule is CC1CCCN(Cc2cccc(NCC(O)CCl)c2)C1. The Hall–Kier alpha value is -0.770. The molecule has 0 aliphatic carbocycles. The first-order valence-corrected chi connectivity index (χ1v) is 8.00. The van der Waals surface area contributed by atoms with Gasteiger partial charge in [-0.2, -0.15) is 0 Å². The first-order chi connectivity index (χ1) is 9.67. The molecule has 1 fully saturated rings. The first kappa shape index (κ1) is 15.6. The number of nitrogens with one attached hydrogen (secondary N) is 1. The van der Waals surface area contributed by atoms with Crippen molar-refractivity contribution in [2.45, 2.75) is 32.4 Å². The molecule has 20 heavy (non-hydrogen) atoms. The molecule has 2 N–H and O–H groups in total. The van der Waals surface area contributed by atoms with Gasteiger partial charge in [-0.25, -0.2) is 0 Å². The predicted octanol–water partition coefficient (Wildman–Crippen LogP) is 2.93. The number of rotatable bonds is 6. The Morgan fingerprint density at radius 2 is 2.35 bits per heavy atom. The second kappa shape index (κ2) is 7.87. The molecule has 0 aromatic heterocycles. The monoisotopic (exact) mass is 296 g/mol. The Morgan fingerprint density at radius 1 is 1.50 bits per heavy atom. The Labute approximate surface area is 126 Å². The fraction of sp³-hybridized carbons (Fsp3) is 0.625. The van der Waals surface area contributed by atoms with Gasteiger partial charge in [0.2, 0.25) is 0 Å². The topological polar surface area (TPSA) is 35.5 Å². The number of anilines is 1. The van der Waals surface area contributed by atoms with Crippen molar-refractivity contribution in [3.63, 3.8) is 0 Å². The van der Waals surface area contributed by atoms with E-state index in [0.717, 1.165) is 18.2 Å². The molecule has 1 saturated heterocycles. The van der Waals surface area contributed by atoms with Crippen molar-refractivity contribution in [1.82, 2.24) is 4.90 Å². The Morgan fingerprint density at radius 3 is 3.10 bits per heavy atom. The molecule has 1 heterocycles. The van der Waals surface area contributed by atoms with Crippen molar-refractivity contribution in [1.29, 1.82) is 0 Å². The van der Waals surface area contributed by atoms with Crippen LogP contribution in [-0.4, -0.2) is 41.6 Å². The molecule has 112 valence electrons. The maximum atomic E-state index is 9.48. The van der Waals surface area contributed by atoms with Gasteiger partial charge in [0.25, 0.3) is 0 Å². The maximum absolute atomic E-state index is 9.48. The van der Waals surface area contributed by atoms with Gasteiger partial charge in [0.15, 0.2) is 0 Å². The van der Waals surface area contributed by atoms with Gasteiger partial charge in [-0.05, 0) is 43.0 Å². The van der Waals surface area contributed by atoms with Gasteiger partial charge in [0.05, 0.1) is 12.0 Å². The Kier molecular flexibility index (Phi) is 6.14. The Bertz CT molecular complexity index is 413. The van der Waals surface area contributed by atoms with Crippen LogP contribution in [-0.2, 0) is 6.54 Å². The van der Waals surface area contributed by atoms with Gasteiger partial charge in [-0.1, -0.05) is 19.1 Å². The highest BCUT2D eigenvalue weighted by Crippen LogP contribution is 2.19. The lowest BCUT2D eigenvalue weighted by molar-refractivity contribution is 0.176. The number of aliphatic hydroxyl groups excluding tert-OH is 1. The summed E-state index contributed by atoms with van der Waals surface area (Å²) in [6.45, 7) is 6.24. The summed E-state index contributed by atoms with van der Waals surface area (Å²) in [5.74, 6) is 1.07. The summed E-state index contributed by atoms with van der Waals surface area (Å²) in [6, 6.07) is 8.43. The highest BCUT2D eigenvalue weighted by Gasteiger charge is 2.16. The van der Waals surface area contributed by atoms with Crippen LogP contribution in [0.4, 0.5) is 5.69 Å². The summed E-state index contributed by atoms with van der Waals surface area (Å²) in [5.41, 5.74) is 2.38. The number of halogens is 1. The molecule has 0 amide bonds. The highest BCUT2D eigenvalue weighted by atomic mass is 35.5. The maximum Gasteiger partial charge on any atom is 0.0847 e. The van der Waals surface area contributed by atoms with Crippen molar-refractivity contribution in [3.8, 4) is 0 Å². The van der Waals surface area contributed by atoms with Crippen molar-refractivity contribution in [3.05, 3.63) is 29.8 Å². The van der Waals surface area contributed by atoms with E-state index in [9.17, 15) is 5.11 Å². The third kappa shape index (κ3) is 4.97. The van der Waals surface area contributed by atoms with Gasteiger partial charge >= 0.3 is 0 Å². The summed E-state index contributed by atoms with van der Waals surface area (Å²) >= 11 is 5.60. The van der Waals surface area contributed by atoms with Crippen LogP contribution in [0.15, 0.2) is 24.3 Å². The van der Waals surface area contributed by atoms with Crippen molar-refractivity contribution in [2.75, 3.05) is 30.8 Å². The van der Waals surface area contributed by atoms with Gasteiger partial charge in [0, 0.05) is 25.3 Å². The van der Waals surface area contributed by atoms with Crippen LogP contribution in [0.5, 0.6) is 0 Å². The van der Waals surface area contributed by atoms with Gasteiger partial charge in [-0.3, -0.25) is 4.90 Å². The van der Waals surface area contributed by atoms with E-state index in [1.165, 1.54) is 31.5 Å².